The van der Waals surface area contributed by atoms with E-state index in [0.29, 0.717) is 17.7 Å². The lowest BCUT2D eigenvalue weighted by Crippen LogP contribution is -2.18. The van der Waals surface area contributed by atoms with Gasteiger partial charge in [0, 0.05) is 0 Å². The van der Waals surface area contributed by atoms with Gasteiger partial charge in [-0.1, -0.05) is 30.3 Å². The highest BCUT2D eigenvalue weighted by molar-refractivity contribution is 5.74. The predicted octanol–water partition coefficient (Wildman–Crippen LogP) is 1.79. The standard InChI is InChI=1S/C14H11N3O2/c18-10-15-16-14-17(11-6-2-1-3-7-11)12-8-4-5-9-13(12)19-14/h1-10H,(H,15,18)/b16-14+. The number of rotatable bonds is 3. The van der Waals surface area contributed by atoms with E-state index in [1.54, 1.807) is 0 Å². The molecule has 0 bridgehead atoms. The molecule has 2 aromatic carbocycles. The van der Waals surface area contributed by atoms with Crippen molar-refractivity contribution in [3.63, 3.8) is 0 Å². The van der Waals surface area contributed by atoms with Gasteiger partial charge in [0.1, 0.15) is 0 Å². The smallest absolute Gasteiger partial charge is 0.324 e. The molecule has 0 atom stereocenters. The molecule has 1 aromatic heterocycles. The molecule has 0 aliphatic heterocycles. The SMILES string of the molecule is O=CN/N=c1/oc2ccccc2n1-c1ccccc1. The third kappa shape index (κ3) is 2.01. The molecule has 0 unspecified atom stereocenters. The van der Waals surface area contributed by atoms with E-state index < -0.39 is 0 Å². The Morgan fingerprint density at radius 1 is 1.05 bits per heavy atom. The van der Waals surface area contributed by atoms with E-state index >= 15 is 0 Å². The molecular weight excluding hydrogens is 242 g/mol. The number of carbonyl (C=O) groups is 1. The minimum atomic E-state index is 0.319. The molecule has 0 spiro atoms. The van der Waals surface area contributed by atoms with Gasteiger partial charge >= 0.3 is 5.68 Å². The Morgan fingerprint density at radius 2 is 1.79 bits per heavy atom. The highest BCUT2D eigenvalue weighted by atomic mass is 16.4. The largest absolute Gasteiger partial charge is 0.422 e. The topological polar surface area (TPSA) is 59.5 Å². The minimum Gasteiger partial charge on any atom is -0.422 e. The zero-order chi connectivity index (χ0) is 13.1. The molecule has 5 nitrogen and oxygen atoms in total. The molecule has 94 valence electrons. The quantitative estimate of drug-likeness (QED) is 0.571. The molecule has 0 radical (unpaired) electrons. The van der Waals surface area contributed by atoms with Gasteiger partial charge in [-0.15, -0.1) is 5.10 Å². The molecule has 0 fully saturated rings. The highest BCUT2D eigenvalue weighted by Crippen LogP contribution is 2.16. The van der Waals surface area contributed by atoms with Crippen LogP contribution in [0.4, 0.5) is 0 Å². The van der Waals surface area contributed by atoms with Crippen LogP contribution in [0, 0.1) is 0 Å². The van der Waals surface area contributed by atoms with Crippen LogP contribution in [-0.4, -0.2) is 11.0 Å². The van der Waals surface area contributed by atoms with Crippen molar-refractivity contribution in [1.29, 1.82) is 0 Å². The van der Waals surface area contributed by atoms with Crippen molar-refractivity contribution in [3.05, 3.63) is 60.3 Å². The van der Waals surface area contributed by atoms with E-state index in [2.05, 4.69) is 10.5 Å². The molecule has 0 aliphatic rings. The first kappa shape index (κ1) is 11.3. The average Bonchev–Trinajstić information content (AvgIpc) is 2.84. The molecule has 0 aliphatic carbocycles. The maximum Gasteiger partial charge on any atom is 0.324 e. The summed E-state index contributed by atoms with van der Waals surface area (Å²) in [5, 5.41) is 3.92. The van der Waals surface area contributed by atoms with E-state index in [-0.39, 0.29) is 0 Å². The summed E-state index contributed by atoms with van der Waals surface area (Å²) in [5.74, 6) is 0. The van der Waals surface area contributed by atoms with Crippen molar-refractivity contribution in [2.24, 2.45) is 5.10 Å². The van der Waals surface area contributed by atoms with E-state index in [9.17, 15) is 4.79 Å². The third-order valence-corrected chi connectivity index (χ3v) is 2.73. The summed E-state index contributed by atoms with van der Waals surface area (Å²) < 4.78 is 7.47. The number of fused-ring (bicyclic) bond motifs is 1. The van der Waals surface area contributed by atoms with E-state index in [0.717, 1.165) is 11.2 Å². The van der Waals surface area contributed by atoms with Crippen LogP contribution in [0.3, 0.4) is 0 Å². The summed E-state index contributed by atoms with van der Waals surface area (Å²) in [6.07, 6.45) is 0.502. The lowest BCUT2D eigenvalue weighted by Gasteiger charge is -2.02. The van der Waals surface area contributed by atoms with Crippen LogP contribution in [0.15, 0.2) is 64.1 Å². The van der Waals surface area contributed by atoms with Crippen LogP contribution in [-0.2, 0) is 4.79 Å². The van der Waals surface area contributed by atoms with E-state index in [4.69, 9.17) is 4.42 Å². The predicted molar refractivity (Wildman–Crippen MR) is 70.3 cm³/mol. The van der Waals surface area contributed by atoms with Crippen LogP contribution in [0.1, 0.15) is 0 Å². The summed E-state index contributed by atoms with van der Waals surface area (Å²) >= 11 is 0. The lowest BCUT2D eigenvalue weighted by molar-refractivity contribution is -0.109. The minimum absolute atomic E-state index is 0.319. The van der Waals surface area contributed by atoms with Gasteiger partial charge in [0.2, 0.25) is 6.41 Å². The van der Waals surface area contributed by atoms with Crippen molar-refractivity contribution in [3.8, 4) is 5.69 Å². The fourth-order valence-electron chi connectivity index (χ4n) is 1.96. The molecule has 19 heavy (non-hydrogen) atoms. The first-order valence-electron chi connectivity index (χ1n) is 5.79. The molecule has 0 saturated carbocycles. The van der Waals surface area contributed by atoms with E-state index in [1.165, 1.54) is 0 Å². The molecule has 1 amide bonds. The monoisotopic (exact) mass is 253 g/mol. The van der Waals surface area contributed by atoms with Gasteiger partial charge in [-0.05, 0) is 24.3 Å². The molecular formula is C14H11N3O2. The number of nitrogens with zero attached hydrogens (tertiary/aromatic N) is 2. The number of aromatic nitrogens is 1. The number of nitrogens with one attached hydrogen (secondary N) is 1. The number of amides is 1. The molecule has 3 rings (SSSR count). The van der Waals surface area contributed by atoms with Crippen molar-refractivity contribution < 1.29 is 9.21 Å². The Bertz CT molecular complexity index is 772. The number of hydrogen-bond donors (Lipinski definition) is 1. The molecule has 1 heterocycles. The van der Waals surface area contributed by atoms with Gasteiger partial charge < -0.3 is 4.42 Å². The van der Waals surface area contributed by atoms with E-state index in [1.807, 2.05) is 59.2 Å². The van der Waals surface area contributed by atoms with Crippen LogP contribution in [0.5, 0.6) is 0 Å². The zero-order valence-corrected chi connectivity index (χ0v) is 9.98. The summed E-state index contributed by atoms with van der Waals surface area (Å²) in [4.78, 5) is 10.4. The number of carbonyl (C=O) groups excluding carboxylic acids is 1. The average molecular weight is 253 g/mol. The maximum absolute atomic E-state index is 10.4. The number of para-hydroxylation sites is 3. The summed E-state index contributed by atoms with van der Waals surface area (Å²) in [7, 11) is 0. The summed E-state index contributed by atoms with van der Waals surface area (Å²) in [6.45, 7) is 0. The maximum atomic E-state index is 10.4. The van der Waals surface area contributed by atoms with Crippen LogP contribution in [0.2, 0.25) is 0 Å². The zero-order valence-electron chi connectivity index (χ0n) is 9.98. The van der Waals surface area contributed by atoms with Crippen molar-refractivity contribution in [2.75, 3.05) is 0 Å². The second-order valence-electron chi connectivity index (χ2n) is 3.88. The fraction of sp³-hybridized carbons (Fsp3) is 0. The Kier molecular flexibility index (Phi) is 2.86. The lowest BCUT2D eigenvalue weighted by atomic mass is 10.3. The highest BCUT2D eigenvalue weighted by Gasteiger charge is 2.08. The second-order valence-corrected chi connectivity index (χ2v) is 3.88. The second kappa shape index (κ2) is 4.81. The Labute approximate surface area is 108 Å². The van der Waals surface area contributed by atoms with Crippen molar-refractivity contribution >= 4 is 17.5 Å². The summed E-state index contributed by atoms with van der Waals surface area (Å²) in [5.41, 5.74) is 5.10. The first-order chi connectivity index (χ1) is 9.40. The number of benzene rings is 2. The van der Waals surface area contributed by atoms with Gasteiger partial charge in [-0.2, -0.15) is 0 Å². The molecule has 0 saturated heterocycles. The van der Waals surface area contributed by atoms with Crippen molar-refractivity contribution in [2.45, 2.75) is 0 Å². The Balaban J connectivity index is 2.34. The van der Waals surface area contributed by atoms with Gasteiger partial charge in [0.25, 0.3) is 0 Å². The van der Waals surface area contributed by atoms with Crippen LogP contribution in [0.25, 0.3) is 16.8 Å². The van der Waals surface area contributed by atoms with Crippen molar-refractivity contribution in [1.82, 2.24) is 9.99 Å². The fourth-order valence-corrected chi connectivity index (χ4v) is 1.96. The first-order valence-corrected chi connectivity index (χ1v) is 5.79. The van der Waals surface area contributed by atoms with Gasteiger partial charge in [0.15, 0.2) is 5.58 Å². The molecule has 1 N–H and O–H groups in total. The summed E-state index contributed by atoms with van der Waals surface area (Å²) in [6, 6.07) is 17.3. The van der Waals surface area contributed by atoms with Gasteiger partial charge in [0.05, 0.1) is 11.2 Å². The third-order valence-electron chi connectivity index (χ3n) is 2.73. The number of oxazole rings is 1. The molecule has 5 heteroatoms. The number of hydrogen-bond acceptors (Lipinski definition) is 3. The molecule has 3 aromatic rings. The normalized spacial score (nSPS) is 11.7. The Morgan fingerprint density at radius 3 is 2.58 bits per heavy atom. The Hall–Kier alpha value is -2.82. The van der Waals surface area contributed by atoms with Crippen LogP contribution >= 0.6 is 0 Å². The van der Waals surface area contributed by atoms with Crippen LogP contribution < -0.4 is 11.1 Å². The van der Waals surface area contributed by atoms with Gasteiger partial charge in [-0.3, -0.25) is 9.36 Å². The van der Waals surface area contributed by atoms with Gasteiger partial charge in [-0.25, -0.2) is 5.43 Å².